The molecular formula is C13H20N6O. The van der Waals surface area contributed by atoms with Crippen molar-refractivity contribution in [1.82, 2.24) is 30.5 Å². The van der Waals surface area contributed by atoms with Crippen molar-refractivity contribution in [2.24, 2.45) is 5.92 Å². The molecule has 108 valence electrons. The van der Waals surface area contributed by atoms with E-state index in [2.05, 4.69) is 39.6 Å². The van der Waals surface area contributed by atoms with Crippen molar-refractivity contribution in [3.8, 4) is 0 Å². The topological polar surface area (TPSA) is 81.7 Å². The summed E-state index contributed by atoms with van der Waals surface area (Å²) < 4.78 is 6.95. The van der Waals surface area contributed by atoms with Crippen LogP contribution in [-0.2, 0) is 19.5 Å². The van der Waals surface area contributed by atoms with Gasteiger partial charge in [-0.1, -0.05) is 24.2 Å². The summed E-state index contributed by atoms with van der Waals surface area (Å²) in [5.41, 5.74) is 0.947. The second-order valence-corrected chi connectivity index (χ2v) is 5.76. The number of nitrogens with one attached hydrogen (secondary N) is 1. The molecule has 1 aliphatic rings. The van der Waals surface area contributed by atoms with E-state index < -0.39 is 0 Å². The minimum Gasteiger partial charge on any atom is -0.339 e. The molecule has 7 heteroatoms. The first kappa shape index (κ1) is 13.2. The summed E-state index contributed by atoms with van der Waals surface area (Å²) in [6, 6.07) is 0.677. The maximum Gasteiger partial charge on any atom is 0.226 e. The lowest BCUT2D eigenvalue weighted by atomic mass is 10.1. The Labute approximate surface area is 117 Å². The third-order valence-electron chi connectivity index (χ3n) is 3.13. The Morgan fingerprint density at radius 1 is 1.45 bits per heavy atom. The summed E-state index contributed by atoms with van der Waals surface area (Å²) in [6.07, 6.45) is 5.28. The van der Waals surface area contributed by atoms with Crippen molar-refractivity contribution < 1.29 is 4.52 Å². The molecule has 0 spiro atoms. The predicted octanol–water partition coefficient (Wildman–Crippen LogP) is 1.16. The van der Waals surface area contributed by atoms with Crippen LogP contribution in [0.25, 0.3) is 0 Å². The molecule has 2 aromatic heterocycles. The zero-order valence-electron chi connectivity index (χ0n) is 11.9. The largest absolute Gasteiger partial charge is 0.339 e. The Hall–Kier alpha value is -1.76. The van der Waals surface area contributed by atoms with Gasteiger partial charge >= 0.3 is 0 Å². The molecule has 0 radical (unpaired) electrons. The molecule has 0 bridgehead atoms. The SMILES string of the molecule is CC(C)Cc1nc(Cn2cc(CNC3CC3)nn2)no1. The van der Waals surface area contributed by atoms with E-state index in [1.165, 1.54) is 12.8 Å². The fourth-order valence-electron chi connectivity index (χ4n) is 1.96. The number of rotatable bonds is 7. The van der Waals surface area contributed by atoms with Crippen LogP contribution in [0.15, 0.2) is 10.7 Å². The Morgan fingerprint density at radius 3 is 3.05 bits per heavy atom. The first-order valence-corrected chi connectivity index (χ1v) is 7.13. The van der Waals surface area contributed by atoms with E-state index in [1.807, 2.05) is 6.20 Å². The second-order valence-electron chi connectivity index (χ2n) is 5.76. The molecule has 2 aromatic rings. The molecule has 0 atom stereocenters. The average molecular weight is 276 g/mol. The van der Waals surface area contributed by atoms with Crippen molar-refractivity contribution in [1.29, 1.82) is 0 Å². The summed E-state index contributed by atoms with van der Waals surface area (Å²) in [6.45, 7) is 5.52. The lowest BCUT2D eigenvalue weighted by Gasteiger charge is -1.97. The van der Waals surface area contributed by atoms with Crippen molar-refractivity contribution in [3.63, 3.8) is 0 Å². The first-order valence-electron chi connectivity index (χ1n) is 7.13. The van der Waals surface area contributed by atoms with E-state index in [9.17, 15) is 0 Å². The van der Waals surface area contributed by atoms with Gasteiger partial charge in [-0.2, -0.15) is 4.98 Å². The predicted molar refractivity (Wildman–Crippen MR) is 71.8 cm³/mol. The van der Waals surface area contributed by atoms with Crippen LogP contribution in [0.4, 0.5) is 0 Å². The van der Waals surface area contributed by atoms with Crippen LogP contribution in [0.3, 0.4) is 0 Å². The van der Waals surface area contributed by atoms with Gasteiger partial charge in [0.15, 0.2) is 5.82 Å². The molecule has 0 amide bonds. The van der Waals surface area contributed by atoms with Gasteiger partial charge in [0.25, 0.3) is 0 Å². The number of hydrogen-bond acceptors (Lipinski definition) is 6. The highest BCUT2D eigenvalue weighted by molar-refractivity contribution is 4.96. The van der Waals surface area contributed by atoms with Gasteiger partial charge in [-0.05, 0) is 18.8 Å². The Bertz CT molecular complexity index is 557. The van der Waals surface area contributed by atoms with Crippen molar-refractivity contribution in [3.05, 3.63) is 23.6 Å². The van der Waals surface area contributed by atoms with Gasteiger partial charge in [0.1, 0.15) is 6.54 Å². The summed E-state index contributed by atoms with van der Waals surface area (Å²) >= 11 is 0. The Morgan fingerprint density at radius 2 is 2.30 bits per heavy atom. The smallest absolute Gasteiger partial charge is 0.226 e. The van der Waals surface area contributed by atoms with Crippen molar-refractivity contribution >= 4 is 0 Å². The molecule has 7 nitrogen and oxygen atoms in total. The molecule has 0 unspecified atom stereocenters. The Kier molecular flexibility index (Phi) is 3.77. The van der Waals surface area contributed by atoms with E-state index in [0.29, 0.717) is 30.2 Å². The van der Waals surface area contributed by atoms with E-state index in [0.717, 1.165) is 18.7 Å². The first-order chi connectivity index (χ1) is 9.69. The molecular weight excluding hydrogens is 256 g/mol. The molecule has 2 heterocycles. The molecule has 20 heavy (non-hydrogen) atoms. The van der Waals surface area contributed by atoms with Crippen LogP contribution in [0.1, 0.15) is 44.1 Å². The van der Waals surface area contributed by atoms with Gasteiger partial charge in [0.05, 0.1) is 11.9 Å². The van der Waals surface area contributed by atoms with Crippen LogP contribution in [0, 0.1) is 5.92 Å². The van der Waals surface area contributed by atoms with E-state index in [-0.39, 0.29) is 0 Å². The van der Waals surface area contributed by atoms with Gasteiger partial charge < -0.3 is 9.84 Å². The van der Waals surface area contributed by atoms with Crippen LogP contribution in [0.2, 0.25) is 0 Å². The summed E-state index contributed by atoms with van der Waals surface area (Å²) in [4.78, 5) is 4.36. The molecule has 1 fully saturated rings. The highest BCUT2D eigenvalue weighted by Crippen LogP contribution is 2.18. The van der Waals surface area contributed by atoms with Crippen LogP contribution in [-0.4, -0.2) is 31.2 Å². The van der Waals surface area contributed by atoms with Gasteiger partial charge in [-0.15, -0.1) is 5.10 Å². The van der Waals surface area contributed by atoms with Crippen molar-refractivity contribution in [2.75, 3.05) is 0 Å². The summed E-state index contributed by atoms with van der Waals surface area (Å²) in [7, 11) is 0. The standard InChI is InChI=1S/C13H20N6O/c1-9(2)5-13-15-12(17-20-13)8-19-7-11(16-18-19)6-14-10-3-4-10/h7,9-10,14H,3-6,8H2,1-2H3. The monoisotopic (exact) mass is 276 g/mol. The van der Waals surface area contributed by atoms with E-state index in [4.69, 9.17) is 4.52 Å². The summed E-state index contributed by atoms with van der Waals surface area (Å²) in [5, 5.41) is 15.6. The fourth-order valence-corrected chi connectivity index (χ4v) is 1.96. The third-order valence-corrected chi connectivity index (χ3v) is 3.13. The molecule has 3 rings (SSSR count). The van der Waals surface area contributed by atoms with E-state index in [1.54, 1.807) is 4.68 Å². The van der Waals surface area contributed by atoms with E-state index >= 15 is 0 Å². The van der Waals surface area contributed by atoms with Crippen LogP contribution >= 0.6 is 0 Å². The van der Waals surface area contributed by atoms with Crippen molar-refractivity contribution in [2.45, 2.75) is 52.2 Å². The molecule has 0 aromatic carbocycles. The lowest BCUT2D eigenvalue weighted by molar-refractivity contribution is 0.357. The Balaban J connectivity index is 1.55. The molecule has 1 aliphatic carbocycles. The maximum absolute atomic E-state index is 5.21. The number of aromatic nitrogens is 5. The quantitative estimate of drug-likeness (QED) is 0.817. The zero-order valence-corrected chi connectivity index (χ0v) is 11.9. The van der Waals surface area contributed by atoms with Gasteiger partial charge in [-0.3, -0.25) is 0 Å². The van der Waals surface area contributed by atoms with Gasteiger partial charge in [0.2, 0.25) is 5.89 Å². The van der Waals surface area contributed by atoms with Crippen LogP contribution in [0.5, 0.6) is 0 Å². The average Bonchev–Trinajstić information content (AvgIpc) is 2.97. The van der Waals surface area contributed by atoms with Gasteiger partial charge in [-0.25, -0.2) is 4.68 Å². The minimum absolute atomic E-state index is 0.498. The molecule has 0 aliphatic heterocycles. The van der Waals surface area contributed by atoms with Crippen LogP contribution < -0.4 is 5.32 Å². The highest BCUT2D eigenvalue weighted by Gasteiger charge is 2.20. The molecule has 0 saturated heterocycles. The maximum atomic E-state index is 5.21. The number of hydrogen-bond donors (Lipinski definition) is 1. The second kappa shape index (κ2) is 5.70. The number of nitrogens with zero attached hydrogens (tertiary/aromatic N) is 5. The minimum atomic E-state index is 0.498. The molecule has 1 N–H and O–H groups in total. The summed E-state index contributed by atoms with van der Waals surface area (Å²) in [5.74, 6) is 1.84. The van der Waals surface area contributed by atoms with Gasteiger partial charge in [0, 0.05) is 19.0 Å². The molecule has 1 saturated carbocycles. The lowest BCUT2D eigenvalue weighted by Crippen LogP contribution is -2.15. The zero-order chi connectivity index (χ0) is 13.9. The fraction of sp³-hybridized carbons (Fsp3) is 0.692. The third kappa shape index (κ3) is 3.63. The highest BCUT2D eigenvalue weighted by atomic mass is 16.5. The normalized spacial score (nSPS) is 15.2.